The maximum absolute atomic E-state index is 12.1. The third-order valence-corrected chi connectivity index (χ3v) is 3.61. The van der Waals surface area contributed by atoms with Crippen LogP contribution in [0, 0.1) is 5.92 Å². The zero-order valence-corrected chi connectivity index (χ0v) is 12.1. The predicted molar refractivity (Wildman–Crippen MR) is 82.8 cm³/mol. The average Bonchev–Trinajstić information content (AvgIpc) is 2.51. The Labute approximate surface area is 124 Å². The maximum Gasteiger partial charge on any atom is 0.253 e. The van der Waals surface area contributed by atoms with E-state index in [0.717, 1.165) is 10.8 Å². The van der Waals surface area contributed by atoms with Crippen LogP contribution in [0.3, 0.4) is 0 Å². The van der Waals surface area contributed by atoms with Gasteiger partial charge in [0.25, 0.3) is 5.91 Å². The molecule has 0 saturated carbocycles. The molecule has 0 fully saturated rings. The third-order valence-electron chi connectivity index (χ3n) is 3.61. The molecule has 112 valence electrons. The molecule has 4 heteroatoms. The molecule has 0 aliphatic heterocycles. The first kappa shape index (κ1) is 15.5. The van der Waals surface area contributed by atoms with E-state index < -0.39 is 12.0 Å². The highest BCUT2D eigenvalue weighted by Gasteiger charge is 2.19. The smallest absolute Gasteiger partial charge is 0.253 e. The van der Waals surface area contributed by atoms with Gasteiger partial charge in [0, 0.05) is 13.2 Å². The van der Waals surface area contributed by atoms with Crippen LogP contribution in [-0.2, 0) is 4.79 Å². The van der Waals surface area contributed by atoms with Gasteiger partial charge >= 0.3 is 0 Å². The van der Waals surface area contributed by atoms with Crippen LogP contribution in [0.25, 0.3) is 10.8 Å². The van der Waals surface area contributed by atoms with Crippen molar-refractivity contribution in [3.63, 3.8) is 0 Å². The standard InChI is InChI=1S/C17H21NO3/c1-12(9-10-19)11-18-17(21)16(20)15-8-4-6-13-5-2-3-7-14(13)15/h2-8,12,16,19-20H,9-11H2,1H3,(H,18,21). The van der Waals surface area contributed by atoms with Gasteiger partial charge in [0.2, 0.25) is 0 Å². The molecule has 0 aliphatic carbocycles. The number of carbonyl (C=O) groups is 1. The van der Waals surface area contributed by atoms with Crippen LogP contribution in [0.15, 0.2) is 42.5 Å². The first-order chi connectivity index (χ1) is 10.1. The Balaban J connectivity index is 2.11. The lowest BCUT2D eigenvalue weighted by Crippen LogP contribution is -2.33. The van der Waals surface area contributed by atoms with E-state index >= 15 is 0 Å². The molecule has 4 nitrogen and oxygen atoms in total. The molecule has 2 aromatic carbocycles. The van der Waals surface area contributed by atoms with Crippen LogP contribution >= 0.6 is 0 Å². The Bertz CT molecular complexity index is 607. The molecule has 0 radical (unpaired) electrons. The molecule has 0 saturated heterocycles. The van der Waals surface area contributed by atoms with E-state index in [1.54, 1.807) is 6.07 Å². The minimum Gasteiger partial charge on any atom is -0.396 e. The zero-order chi connectivity index (χ0) is 15.2. The van der Waals surface area contributed by atoms with E-state index in [4.69, 9.17) is 5.11 Å². The summed E-state index contributed by atoms with van der Waals surface area (Å²) in [5, 5.41) is 23.7. The molecule has 2 aromatic rings. The van der Waals surface area contributed by atoms with Crippen LogP contribution in [0.5, 0.6) is 0 Å². The lowest BCUT2D eigenvalue weighted by atomic mass is 10.00. The van der Waals surface area contributed by atoms with Crippen molar-refractivity contribution in [2.75, 3.05) is 13.2 Å². The zero-order valence-electron chi connectivity index (χ0n) is 12.1. The molecule has 3 N–H and O–H groups in total. The second-order valence-electron chi connectivity index (χ2n) is 5.33. The fraction of sp³-hybridized carbons (Fsp3) is 0.353. The Hall–Kier alpha value is -1.91. The average molecular weight is 287 g/mol. The number of aliphatic hydroxyl groups excluding tert-OH is 2. The van der Waals surface area contributed by atoms with Gasteiger partial charge in [-0.15, -0.1) is 0 Å². The highest BCUT2D eigenvalue weighted by molar-refractivity contribution is 5.91. The largest absolute Gasteiger partial charge is 0.396 e. The van der Waals surface area contributed by atoms with E-state index in [0.29, 0.717) is 18.5 Å². The summed E-state index contributed by atoms with van der Waals surface area (Å²) in [5.74, 6) is -0.227. The fourth-order valence-electron chi connectivity index (χ4n) is 2.32. The first-order valence-corrected chi connectivity index (χ1v) is 7.17. The van der Waals surface area contributed by atoms with Gasteiger partial charge in [-0.3, -0.25) is 4.79 Å². The van der Waals surface area contributed by atoms with Crippen LogP contribution in [-0.4, -0.2) is 29.3 Å². The summed E-state index contributed by atoms with van der Waals surface area (Å²) in [7, 11) is 0. The lowest BCUT2D eigenvalue weighted by molar-refractivity contribution is -0.129. The lowest BCUT2D eigenvalue weighted by Gasteiger charge is -2.16. The van der Waals surface area contributed by atoms with E-state index in [-0.39, 0.29) is 12.5 Å². The van der Waals surface area contributed by atoms with Crippen LogP contribution < -0.4 is 5.32 Å². The summed E-state index contributed by atoms with van der Waals surface area (Å²) in [6.07, 6.45) is -0.553. The summed E-state index contributed by atoms with van der Waals surface area (Å²) in [6, 6.07) is 13.2. The van der Waals surface area contributed by atoms with Gasteiger partial charge in [0.05, 0.1) is 0 Å². The van der Waals surface area contributed by atoms with Gasteiger partial charge in [-0.2, -0.15) is 0 Å². The number of aliphatic hydroxyl groups is 2. The molecule has 2 atom stereocenters. The number of hydrogen-bond donors (Lipinski definition) is 3. The Kier molecular flexibility index (Phi) is 5.31. The van der Waals surface area contributed by atoms with Gasteiger partial charge in [-0.1, -0.05) is 49.4 Å². The van der Waals surface area contributed by atoms with Crippen LogP contribution in [0.2, 0.25) is 0 Å². The van der Waals surface area contributed by atoms with Crippen LogP contribution in [0.1, 0.15) is 25.0 Å². The fourth-order valence-corrected chi connectivity index (χ4v) is 2.32. The molecule has 0 spiro atoms. The highest BCUT2D eigenvalue weighted by atomic mass is 16.3. The number of rotatable bonds is 6. The van der Waals surface area contributed by atoms with Crippen molar-refractivity contribution < 1.29 is 15.0 Å². The predicted octanol–water partition coefficient (Wildman–Crippen LogP) is 2.01. The second kappa shape index (κ2) is 7.20. The molecular formula is C17H21NO3. The SMILES string of the molecule is CC(CCO)CNC(=O)C(O)c1cccc2ccccc12. The quantitative estimate of drug-likeness (QED) is 0.761. The molecule has 0 heterocycles. The van der Waals surface area contributed by atoms with E-state index in [1.807, 2.05) is 43.3 Å². The maximum atomic E-state index is 12.1. The molecule has 0 bridgehead atoms. The first-order valence-electron chi connectivity index (χ1n) is 7.17. The van der Waals surface area contributed by atoms with Crippen molar-refractivity contribution in [1.29, 1.82) is 0 Å². The van der Waals surface area contributed by atoms with Crippen molar-refractivity contribution in [3.05, 3.63) is 48.0 Å². The van der Waals surface area contributed by atoms with Gasteiger partial charge < -0.3 is 15.5 Å². The molecule has 1 amide bonds. The Morgan fingerprint density at radius 1 is 1.19 bits per heavy atom. The topological polar surface area (TPSA) is 69.6 Å². The van der Waals surface area contributed by atoms with Gasteiger partial charge in [-0.05, 0) is 28.7 Å². The molecule has 2 unspecified atom stereocenters. The number of carbonyl (C=O) groups excluding carboxylic acids is 1. The highest BCUT2D eigenvalue weighted by Crippen LogP contribution is 2.24. The number of hydrogen-bond acceptors (Lipinski definition) is 3. The van der Waals surface area contributed by atoms with Gasteiger partial charge in [0.1, 0.15) is 0 Å². The third kappa shape index (κ3) is 3.80. The van der Waals surface area contributed by atoms with E-state index in [1.165, 1.54) is 0 Å². The van der Waals surface area contributed by atoms with Crippen molar-refractivity contribution in [2.45, 2.75) is 19.4 Å². The normalized spacial score (nSPS) is 13.9. The summed E-state index contributed by atoms with van der Waals surface area (Å²) >= 11 is 0. The summed E-state index contributed by atoms with van der Waals surface area (Å²) in [5.41, 5.74) is 0.611. The van der Waals surface area contributed by atoms with Gasteiger partial charge in [-0.25, -0.2) is 0 Å². The number of fused-ring (bicyclic) bond motifs is 1. The van der Waals surface area contributed by atoms with Crippen molar-refractivity contribution in [3.8, 4) is 0 Å². The Morgan fingerprint density at radius 3 is 2.67 bits per heavy atom. The molecule has 0 aliphatic rings. The summed E-state index contributed by atoms with van der Waals surface area (Å²) in [4.78, 5) is 12.1. The van der Waals surface area contributed by atoms with Crippen molar-refractivity contribution in [1.82, 2.24) is 5.32 Å². The molecular weight excluding hydrogens is 266 g/mol. The second-order valence-corrected chi connectivity index (χ2v) is 5.33. The van der Waals surface area contributed by atoms with E-state index in [2.05, 4.69) is 5.32 Å². The summed E-state index contributed by atoms with van der Waals surface area (Å²) in [6.45, 7) is 2.49. The Morgan fingerprint density at radius 2 is 1.90 bits per heavy atom. The number of amides is 1. The van der Waals surface area contributed by atoms with Crippen molar-refractivity contribution >= 4 is 16.7 Å². The monoisotopic (exact) mass is 287 g/mol. The van der Waals surface area contributed by atoms with Gasteiger partial charge in [0.15, 0.2) is 6.10 Å². The minimum atomic E-state index is -1.18. The number of nitrogens with one attached hydrogen (secondary N) is 1. The molecule has 2 rings (SSSR count). The van der Waals surface area contributed by atoms with Crippen LogP contribution in [0.4, 0.5) is 0 Å². The number of benzene rings is 2. The summed E-state index contributed by atoms with van der Waals surface area (Å²) < 4.78 is 0. The minimum absolute atomic E-state index is 0.100. The van der Waals surface area contributed by atoms with Crippen molar-refractivity contribution in [2.24, 2.45) is 5.92 Å². The molecule has 0 aromatic heterocycles. The van der Waals surface area contributed by atoms with E-state index in [9.17, 15) is 9.90 Å². The molecule has 21 heavy (non-hydrogen) atoms.